The van der Waals surface area contributed by atoms with Gasteiger partial charge in [0.05, 0.1) is 6.61 Å². The Labute approximate surface area is 111 Å². The summed E-state index contributed by atoms with van der Waals surface area (Å²) in [4.78, 5) is 2.10. The van der Waals surface area contributed by atoms with Gasteiger partial charge in [-0.3, -0.25) is 0 Å². The van der Waals surface area contributed by atoms with Crippen LogP contribution in [0.1, 0.15) is 23.1 Å². The van der Waals surface area contributed by atoms with Gasteiger partial charge in [0.1, 0.15) is 5.75 Å². The Hall–Kier alpha value is -1.06. The summed E-state index contributed by atoms with van der Waals surface area (Å²) in [7, 11) is 4.07. The van der Waals surface area contributed by atoms with Crippen molar-refractivity contribution in [1.29, 1.82) is 0 Å². The highest BCUT2D eigenvalue weighted by Gasteiger charge is 2.06. The monoisotopic (exact) mass is 250 g/mol. The minimum absolute atomic E-state index is 0.173. The van der Waals surface area contributed by atoms with Crippen molar-refractivity contribution in [3.8, 4) is 5.75 Å². The van der Waals surface area contributed by atoms with Crippen molar-refractivity contribution in [3.63, 3.8) is 0 Å². The molecule has 0 fully saturated rings. The molecule has 0 aromatic heterocycles. The van der Waals surface area contributed by atoms with E-state index >= 15 is 0 Å². The second-order valence-electron chi connectivity index (χ2n) is 5.36. The lowest BCUT2D eigenvalue weighted by Gasteiger charge is -2.17. The first-order valence-electron chi connectivity index (χ1n) is 6.51. The number of nitrogens with zero attached hydrogens (tertiary/aromatic N) is 1. The zero-order valence-electron chi connectivity index (χ0n) is 12.3. The fourth-order valence-corrected chi connectivity index (χ4v) is 1.97. The van der Waals surface area contributed by atoms with Gasteiger partial charge in [0.25, 0.3) is 0 Å². The molecule has 0 radical (unpaired) electrons. The highest BCUT2D eigenvalue weighted by Crippen LogP contribution is 2.22. The van der Waals surface area contributed by atoms with E-state index in [9.17, 15) is 0 Å². The summed E-state index contributed by atoms with van der Waals surface area (Å²) in [6.07, 6.45) is 0.880. The highest BCUT2D eigenvalue weighted by atomic mass is 16.5. The minimum atomic E-state index is 0.173. The van der Waals surface area contributed by atoms with E-state index < -0.39 is 0 Å². The Balaban J connectivity index is 2.47. The number of nitrogens with two attached hydrogens (primary N) is 1. The molecule has 1 unspecified atom stereocenters. The van der Waals surface area contributed by atoms with Gasteiger partial charge in [0, 0.05) is 12.6 Å². The Bertz CT molecular complexity index is 388. The number of aryl methyl sites for hydroxylation is 3. The van der Waals surface area contributed by atoms with Gasteiger partial charge in [0.2, 0.25) is 0 Å². The number of benzene rings is 1. The predicted octanol–water partition coefficient (Wildman–Crippen LogP) is 2.27. The molecule has 0 aliphatic heterocycles. The molecule has 0 aliphatic carbocycles. The second-order valence-corrected chi connectivity index (χ2v) is 5.36. The lowest BCUT2D eigenvalue weighted by molar-refractivity contribution is 0.275. The first kappa shape index (κ1) is 15.0. The Morgan fingerprint density at radius 1 is 1.11 bits per heavy atom. The van der Waals surface area contributed by atoms with Crippen LogP contribution < -0.4 is 10.5 Å². The third-order valence-corrected chi connectivity index (χ3v) is 3.14. The number of hydrogen-bond acceptors (Lipinski definition) is 3. The van der Waals surface area contributed by atoms with Crippen LogP contribution in [-0.4, -0.2) is 38.2 Å². The van der Waals surface area contributed by atoms with E-state index in [1.54, 1.807) is 0 Å². The van der Waals surface area contributed by atoms with E-state index in [1.165, 1.54) is 16.7 Å². The summed E-state index contributed by atoms with van der Waals surface area (Å²) in [6, 6.07) is 4.46. The highest BCUT2D eigenvalue weighted by molar-refractivity contribution is 5.40. The van der Waals surface area contributed by atoms with Crippen LogP contribution in [0.15, 0.2) is 12.1 Å². The van der Waals surface area contributed by atoms with E-state index in [1.807, 2.05) is 14.1 Å². The van der Waals surface area contributed by atoms with Crippen LogP contribution in [0.2, 0.25) is 0 Å². The van der Waals surface area contributed by atoms with Crippen LogP contribution in [0.25, 0.3) is 0 Å². The summed E-state index contributed by atoms with van der Waals surface area (Å²) in [5.74, 6) is 0.982. The predicted molar refractivity (Wildman–Crippen MR) is 77.3 cm³/mol. The van der Waals surface area contributed by atoms with Gasteiger partial charge in [-0.15, -0.1) is 0 Å². The number of hydrogen-bond donors (Lipinski definition) is 1. The van der Waals surface area contributed by atoms with Crippen molar-refractivity contribution < 1.29 is 4.74 Å². The van der Waals surface area contributed by atoms with Crippen LogP contribution in [0.4, 0.5) is 0 Å². The average Bonchev–Trinajstić information content (AvgIpc) is 2.24. The van der Waals surface area contributed by atoms with Gasteiger partial charge >= 0.3 is 0 Å². The van der Waals surface area contributed by atoms with Crippen molar-refractivity contribution in [3.05, 3.63) is 28.8 Å². The Kier molecular flexibility index (Phi) is 5.63. The van der Waals surface area contributed by atoms with Crippen LogP contribution in [0.5, 0.6) is 5.75 Å². The van der Waals surface area contributed by atoms with Crippen LogP contribution in [0, 0.1) is 20.8 Å². The molecule has 1 aromatic rings. The maximum Gasteiger partial charge on any atom is 0.122 e. The lowest BCUT2D eigenvalue weighted by atomic mass is 10.1. The Morgan fingerprint density at radius 3 is 2.33 bits per heavy atom. The maximum atomic E-state index is 6.01. The first-order chi connectivity index (χ1) is 8.40. The van der Waals surface area contributed by atoms with Crippen molar-refractivity contribution in [2.45, 2.75) is 33.2 Å². The number of ether oxygens (including phenoxy) is 1. The standard InChI is InChI=1S/C15H26N2O/c1-11-8-13(3)15(9-12(11)2)18-7-6-14(16)10-17(4)5/h8-9,14H,6-7,10,16H2,1-5H3. The van der Waals surface area contributed by atoms with Crippen molar-refractivity contribution >= 4 is 0 Å². The van der Waals surface area contributed by atoms with Gasteiger partial charge in [-0.05, 0) is 64.0 Å². The van der Waals surface area contributed by atoms with Crippen molar-refractivity contribution in [2.75, 3.05) is 27.2 Å². The van der Waals surface area contributed by atoms with Crippen molar-refractivity contribution in [1.82, 2.24) is 4.90 Å². The lowest BCUT2D eigenvalue weighted by Crippen LogP contribution is -2.34. The van der Waals surface area contributed by atoms with Crippen molar-refractivity contribution in [2.24, 2.45) is 5.73 Å². The molecule has 18 heavy (non-hydrogen) atoms. The summed E-state index contributed by atoms with van der Waals surface area (Å²) in [5.41, 5.74) is 9.78. The van der Waals surface area contributed by atoms with Crippen LogP contribution in [0.3, 0.4) is 0 Å². The third-order valence-electron chi connectivity index (χ3n) is 3.14. The molecule has 0 bridgehead atoms. The van der Waals surface area contributed by atoms with Gasteiger partial charge in [-0.2, -0.15) is 0 Å². The van der Waals surface area contributed by atoms with E-state index in [0.29, 0.717) is 6.61 Å². The van der Waals surface area contributed by atoms with Gasteiger partial charge < -0.3 is 15.4 Å². The van der Waals surface area contributed by atoms with Crippen LogP contribution >= 0.6 is 0 Å². The van der Waals surface area contributed by atoms with Gasteiger partial charge in [0.15, 0.2) is 0 Å². The third kappa shape index (κ3) is 4.67. The molecule has 3 heteroatoms. The zero-order valence-corrected chi connectivity index (χ0v) is 12.3. The normalized spacial score (nSPS) is 12.8. The second kappa shape index (κ2) is 6.76. The summed E-state index contributed by atoms with van der Waals surface area (Å²) in [5, 5.41) is 0. The molecule has 1 aromatic carbocycles. The van der Waals surface area contributed by atoms with Gasteiger partial charge in [-0.1, -0.05) is 6.07 Å². The van der Waals surface area contributed by atoms with E-state index in [2.05, 4.69) is 37.8 Å². The molecule has 3 nitrogen and oxygen atoms in total. The molecular formula is C15H26N2O. The minimum Gasteiger partial charge on any atom is -0.493 e. The largest absolute Gasteiger partial charge is 0.493 e. The molecule has 102 valence electrons. The maximum absolute atomic E-state index is 6.01. The molecule has 0 spiro atoms. The van der Waals surface area contributed by atoms with E-state index in [4.69, 9.17) is 10.5 Å². The molecule has 0 aliphatic rings. The van der Waals surface area contributed by atoms with E-state index in [0.717, 1.165) is 18.7 Å². The molecule has 0 heterocycles. The molecule has 1 atom stereocenters. The summed E-state index contributed by atoms with van der Waals surface area (Å²) < 4.78 is 5.83. The van der Waals surface area contributed by atoms with Crippen LogP contribution in [-0.2, 0) is 0 Å². The Morgan fingerprint density at radius 2 is 1.72 bits per heavy atom. The molecule has 0 saturated heterocycles. The first-order valence-corrected chi connectivity index (χ1v) is 6.51. The van der Waals surface area contributed by atoms with Gasteiger partial charge in [-0.25, -0.2) is 0 Å². The molecular weight excluding hydrogens is 224 g/mol. The molecule has 2 N–H and O–H groups in total. The molecule has 0 amide bonds. The zero-order chi connectivity index (χ0) is 13.7. The molecule has 0 saturated carbocycles. The summed E-state index contributed by atoms with van der Waals surface area (Å²) in [6.45, 7) is 7.90. The number of likely N-dealkylation sites (N-methyl/N-ethyl adjacent to an activating group) is 1. The average molecular weight is 250 g/mol. The topological polar surface area (TPSA) is 38.5 Å². The fourth-order valence-electron chi connectivity index (χ4n) is 1.97. The van der Waals surface area contributed by atoms with E-state index in [-0.39, 0.29) is 6.04 Å². The fraction of sp³-hybridized carbons (Fsp3) is 0.600. The quantitative estimate of drug-likeness (QED) is 0.841. The SMILES string of the molecule is Cc1cc(C)c(OCCC(N)CN(C)C)cc1C. The molecule has 1 rings (SSSR count). The summed E-state index contributed by atoms with van der Waals surface area (Å²) >= 11 is 0. The number of rotatable bonds is 6. The smallest absolute Gasteiger partial charge is 0.122 e.